The minimum absolute atomic E-state index is 0.106. The van der Waals surface area contributed by atoms with E-state index in [9.17, 15) is 10.2 Å². The highest BCUT2D eigenvalue weighted by Crippen LogP contribution is 2.26. The van der Waals surface area contributed by atoms with Gasteiger partial charge in [-0.15, -0.1) is 0 Å². The molecule has 1 fully saturated rings. The summed E-state index contributed by atoms with van der Waals surface area (Å²) in [7, 11) is 0. The van der Waals surface area contributed by atoms with E-state index in [0.29, 0.717) is 11.8 Å². The van der Waals surface area contributed by atoms with Crippen LogP contribution in [0.15, 0.2) is 24.3 Å². The van der Waals surface area contributed by atoms with Crippen molar-refractivity contribution in [2.75, 3.05) is 6.54 Å². The summed E-state index contributed by atoms with van der Waals surface area (Å²) in [6, 6.07) is 8.08. The minimum atomic E-state index is -0.106. The Morgan fingerprint density at radius 3 is 2.44 bits per heavy atom. The monoisotopic (exact) mass is 249 g/mol. The maximum absolute atomic E-state index is 9.83. The van der Waals surface area contributed by atoms with E-state index in [2.05, 4.69) is 11.8 Å². The number of hydrogen-bond acceptors (Lipinski definition) is 3. The molecule has 3 nitrogen and oxygen atoms in total. The van der Waals surface area contributed by atoms with Crippen molar-refractivity contribution >= 4 is 0 Å². The van der Waals surface area contributed by atoms with Crippen LogP contribution in [0.4, 0.5) is 0 Å². The van der Waals surface area contributed by atoms with Gasteiger partial charge < -0.3 is 10.2 Å². The molecule has 1 saturated carbocycles. The van der Waals surface area contributed by atoms with E-state index in [0.717, 1.165) is 44.3 Å². The number of phenolic OH excluding ortho intramolecular Hbond substituents is 1. The lowest BCUT2D eigenvalue weighted by molar-refractivity contribution is 0.0724. The number of para-hydroxylation sites is 1. The Bertz CT molecular complexity index is 373. The van der Waals surface area contributed by atoms with Crippen LogP contribution >= 0.6 is 0 Å². The first-order chi connectivity index (χ1) is 8.70. The van der Waals surface area contributed by atoms with E-state index < -0.39 is 0 Å². The van der Waals surface area contributed by atoms with Gasteiger partial charge in [0.1, 0.15) is 5.75 Å². The van der Waals surface area contributed by atoms with Gasteiger partial charge in [0.25, 0.3) is 0 Å². The summed E-state index contributed by atoms with van der Waals surface area (Å²) in [5.74, 6) is 0.381. The van der Waals surface area contributed by atoms with Gasteiger partial charge in [0.15, 0.2) is 0 Å². The Morgan fingerprint density at radius 2 is 1.83 bits per heavy atom. The molecular formula is C15H23NO2. The van der Waals surface area contributed by atoms with Crippen molar-refractivity contribution in [2.45, 2.75) is 51.3 Å². The second-order valence-electron chi connectivity index (χ2n) is 5.15. The summed E-state index contributed by atoms with van der Waals surface area (Å²) in [6.07, 6.45) is 3.82. The smallest absolute Gasteiger partial charge is 0.120 e. The molecule has 0 unspecified atom stereocenters. The van der Waals surface area contributed by atoms with Crippen LogP contribution in [0.25, 0.3) is 0 Å². The standard InChI is InChI=1S/C15H23NO2/c1-2-16(13-7-9-14(17)10-8-13)11-12-5-3-4-6-15(12)18/h3-6,13-14,17-18H,2,7-11H2,1H3. The van der Waals surface area contributed by atoms with Crippen molar-refractivity contribution in [2.24, 2.45) is 0 Å². The molecule has 0 aliphatic heterocycles. The third-order valence-corrected chi connectivity index (χ3v) is 3.95. The highest BCUT2D eigenvalue weighted by molar-refractivity contribution is 5.31. The van der Waals surface area contributed by atoms with E-state index in [4.69, 9.17) is 0 Å². The van der Waals surface area contributed by atoms with Crippen LogP contribution < -0.4 is 0 Å². The van der Waals surface area contributed by atoms with Gasteiger partial charge in [-0.1, -0.05) is 25.1 Å². The molecule has 1 aromatic carbocycles. The molecule has 0 bridgehead atoms. The molecule has 0 atom stereocenters. The van der Waals surface area contributed by atoms with Crippen LogP contribution in [0, 0.1) is 0 Å². The topological polar surface area (TPSA) is 43.7 Å². The summed E-state index contributed by atoms with van der Waals surface area (Å²) < 4.78 is 0. The normalized spacial score (nSPS) is 24.4. The predicted molar refractivity (Wildman–Crippen MR) is 72.5 cm³/mol. The molecule has 0 radical (unpaired) electrons. The van der Waals surface area contributed by atoms with Gasteiger partial charge >= 0.3 is 0 Å². The van der Waals surface area contributed by atoms with E-state index in [1.54, 1.807) is 6.07 Å². The number of aliphatic hydroxyl groups is 1. The number of phenols is 1. The number of aromatic hydroxyl groups is 1. The van der Waals surface area contributed by atoms with E-state index in [-0.39, 0.29) is 6.10 Å². The Kier molecular flexibility index (Phi) is 4.61. The molecular weight excluding hydrogens is 226 g/mol. The Morgan fingerprint density at radius 1 is 1.17 bits per heavy atom. The highest BCUT2D eigenvalue weighted by atomic mass is 16.3. The number of rotatable bonds is 4. The molecule has 18 heavy (non-hydrogen) atoms. The average molecular weight is 249 g/mol. The fraction of sp³-hybridized carbons (Fsp3) is 0.600. The molecule has 2 rings (SSSR count). The lowest BCUT2D eigenvalue weighted by Gasteiger charge is -2.35. The van der Waals surface area contributed by atoms with Gasteiger partial charge in [-0.3, -0.25) is 4.90 Å². The summed E-state index contributed by atoms with van der Waals surface area (Å²) in [5.41, 5.74) is 0.991. The molecule has 0 spiro atoms. The number of benzene rings is 1. The van der Waals surface area contributed by atoms with Crippen molar-refractivity contribution in [1.82, 2.24) is 4.90 Å². The molecule has 1 aliphatic rings. The quantitative estimate of drug-likeness (QED) is 0.861. The molecule has 0 heterocycles. The molecule has 0 saturated heterocycles. The fourth-order valence-electron chi connectivity index (χ4n) is 2.79. The van der Waals surface area contributed by atoms with Gasteiger partial charge in [-0.2, -0.15) is 0 Å². The molecule has 0 amide bonds. The number of nitrogens with zero attached hydrogens (tertiary/aromatic N) is 1. The van der Waals surface area contributed by atoms with E-state index >= 15 is 0 Å². The largest absolute Gasteiger partial charge is 0.508 e. The fourth-order valence-corrected chi connectivity index (χ4v) is 2.79. The second kappa shape index (κ2) is 6.21. The van der Waals surface area contributed by atoms with E-state index in [1.807, 2.05) is 18.2 Å². The van der Waals surface area contributed by atoms with Crippen molar-refractivity contribution in [3.8, 4) is 5.75 Å². The summed E-state index contributed by atoms with van der Waals surface area (Å²) in [6.45, 7) is 3.93. The van der Waals surface area contributed by atoms with Crippen molar-refractivity contribution in [3.63, 3.8) is 0 Å². The van der Waals surface area contributed by atoms with Gasteiger partial charge in [-0.05, 0) is 38.3 Å². The zero-order valence-corrected chi connectivity index (χ0v) is 11.0. The molecule has 100 valence electrons. The van der Waals surface area contributed by atoms with Crippen LogP contribution in [0.5, 0.6) is 5.75 Å². The van der Waals surface area contributed by atoms with Gasteiger partial charge in [0.2, 0.25) is 0 Å². The SMILES string of the molecule is CCN(Cc1ccccc1O)C1CCC(O)CC1. The number of hydrogen-bond donors (Lipinski definition) is 2. The van der Waals surface area contributed by atoms with Gasteiger partial charge in [-0.25, -0.2) is 0 Å². The first kappa shape index (κ1) is 13.4. The Hall–Kier alpha value is -1.06. The van der Waals surface area contributed by atoms with Crippen LogP contribution in [-0.4, -0.2) is 33.8 Å². The summed E-state index contributed by atoms with van der Waals surface area (Å²) in [5, 5.41) is 19.4. The lowest BCUT2D eigenvalue weighted by atomic mass is 9.91. The summed E-state index contributed by atoms with van der Waals surface area (Å²) >= 11 is 0. The molecule has 1 aliphatic carbocycles. The Balaban J connectivity index is 1.99. The third kappa shape index (κ3) is 3.24. The predicted octanol–water partition coefficient (Wildman–Crippen LogP) is 2.52. The highest BCUT2D eigenvalue weighted by Gasteiger charge is 2.24. The molecule has 1 aromatic rings. The zero-order valence-electron chi connectivity index (χ0n) is 11.0. The van der Waals surface area contributed by atoms with Crippen LogP contribution in [0.1, 0.15) is 38.2 Å². The minimum Gasteiger partial charge on any atom is -0.508 e. The van der Waals surface area contributed by atoms with Crippen molar-refractivity contribution in [3.05, 3.63) is 29.8 Å². The van der Waals surface area contributed by atoms with Crippen molar-refractivity contribution < 1.29 is 10.2 Å². The second-order valence-corrected chi connectivity index (χ2v) is 5.15. The number of aliphatic hydroxyl groups excluding tert-OH is 1. The lowest BCUT2D eigenvalue weighted by Crippen LogP contribution is -2.38. The third-order valence-electron chi connectivity index (χ3n) is 3.95. The van der Waals surface area contributed by atoms with E-state index in [1.165, 1.54) is 0 Å². The molecule has 3 heteroatoms. The average Bonchev–Trinajstić information content (AvgIpc) is 2.39. The maximum atomic E-state index is 9.83. The van der Waals surface area contributed by atoms with Gasteiger partial charge in [0, 0.05) is 18.2 Å². The molecule has 2 N–H and O–H groups in total. The van der Waals surface area contributed by atoms with Gasteiger partial charge in [0.05, 0.1) is 6.10 Å². The van der Waals surface area contributed by atoms with Crippen LogP contribution in [-0.2, 0) is 6.54 Å². The maximum Gasteiger partial charge on any atom is 0.120 e. The Labute approximate surface area is 109 Å². The first-order valence-electron chi connectivity index (χ1n) is 6.89. The van der Waals surface area contributed by atoms with Crippen LogP contribution in [0.2, 0.25) is 0 Å². The van der Waals surface area contributed by atoms with Crippen LogP contribution in [0.3, 0.4) is 0 Å². The summed E-state index contributed by atoms with van der Waals surface area (Å²) in [4.78, 5) is 2.40. The van der Waals surface area contributed by atoms with Crippen molar-refractivity contribution in [1.29, 1.82) is 0 Å². The zero-order chi connectivity index (χ0) is 13.0. The first-order valence-corrected chi connectivity index (χ1v) is 6.89. The molecule has 0 aromatic heterocycles.